The maximum absolute atomic E-state index is 13.3. The van der Waals surface area contributed by atoms with Gasteiger partial charge in [0, 0.05) is 6.07 Å². The first-order valence-corrected chi connectivity index (χ1v) is 10.7. The van der Waals surface area contributed by atoms with Crippen LogP contribution in [0.5, 0.6) is 5.75 Å². The quantitative estimate of drug-likeness (QED) is 0.463. The molecule has 0 unspecified atom stereocenters. The first kappa shape index (κ1) is 20.5. The van der Waals surface area contributed by atoms with Crippen molar-refractivity contribution >= 4 is 32.4 Å². The number of aryl methyl sites for hydroxylation is 1. The van der Waals surface area contributed by atoms with Crippen LogP contribution in [0, 0.1) is 6.92 Å². The molecule has 10 nitrogen and oxygen atoms in total. The number of esters is 1. The number of nitrogens with one attached hydrogen (secondary N) is 1. The number of hydrogen-bond donors (Lipinski definition) is 1. The fourth-order valence-electron chi connectivity index (χ4n) is 3.30. The number of benzene rings is 2. The molecule has 0 saturated carbocycles. The predicted molar refractivity (Wildman–Crippen MR) is 110 cm³/mol. The Labute approximate surface area is 176 Å². The normalized spacial score (nSPS) is 11.7. The van der Waals surface area contributed by atoms with Gasteiger partial charge in [-0.05, 0) is 49.7 Å². The van der Waals surface area contributed by atoms with E-state index in [4.69, 9.17) is 9.47 Å². The van der Waals surface area contributed by atoms with Crippen LogP contribution >= 0.6 is 0 Å². The zero-order valence-electron chi connectivity index (χ0n) is 16.9. The van der Waals surface area contributed by atoms with E-state index < -0.39 is 26.4 Å². The molecule has 0 radical (unpaired) electrons. The molecule has 0 saturated heterocycles. The Kier molecular flexibility index (Phi) is 4.97. The first-order valence-electron chi connectivity index (χ1n) is 9.26. The minimum absolute atomic E-state index is 0.0606. The van der Waals surface area contributed by atoms with E-state index >= 15 is 0 Å². The molecule has 31 heavy (non-hydrogen) atoms. The number of carbonyl (C=O) groups is 1. The van der Waals surface area contributed by atoms with Crippen molar-refractivity contribution < 1.29 is 22.7 Å². The third kappa shape index (κ3) is 3.32. The van der Waals surface area contributed by atoms with Gasteiger partial charge in [-0.1, -0.05) is 5.21 Å². The van der Waals surface area contributed by atoms with E-state index in [0.717, 1.165) is 0 Å². The number of ether oxygens (including phenoxy) is 2. The van der Waals surface area contributed by atoms with Crippen LogP contribution in [-0.2, 0) is 14.6 Å². The maximum Gasteiger partial charge on any atom is 0.338 e. The summed E-state index contributed by atoms with van der Waals surface area (Å²) in [6.45, 7) is 3.45. The van der Waals surface area contributed by atoms with Crippen LogP contribution in [0.4, 0.5) is 0 Å². The third-order valence-electron chi connectivity index (χ3n) is 4.78. The average Bonchev–Trinajstić information content (AvgIpc) is 3.18. The van der Waals surface area contributed by atoms with Gasteiger partial charge in [-0.2, -0.15) is 4.52 Å². The van der Waals surface area contributed by atoms with Gasteiger partial charge in [0.15, 0.2) is 5.65 Å². The molecule has 0 bridgehead atoms. The van der Waals surface area contributed by atoms with Gasteiger partial charge < -0.3 is 14.5 Å². The highest BCUT2D eigenvalue weighted by molar-refractivity contribution is 7.91. The Morgan fingerprint density at radius 1 is 1.19 bits per heavy atom. The molecule has 0 aliphatic heterocycles. The number of sulfone groups is 1. The molecule has 0 spiro atoms. The van der Waals surface area contributed by atoms with E-state index in [-0.39, 0.29) is 22.7 Å². The Hall–Kier alpha value is -3.73. The largest absolute Gasteiger partial charge is 0.497 e. The van der Waals surface area contributed by atoms with Gasteiger partial charge in [0.2, 0.25) is 14.9 Å². The van der Waals surface area contributed by atoms with E-state index in [2.05, 4.69) is 15.3 Å². The Morgan fingerprint density at radius 2 is 1.97 bits per heavy atom. The summed E-state index contributed by atoms with van der Waals surface area (Å²) < 4.78 is 38.0. The fourth-order valence-corrected chi connectivity index (χ4v) is 4.78. The monoisotopic (exact) mass is 442 g/mol. The van der Waals surface area contributed by atoms with Gasteiger partial charge in [-0.3, -0.25) is 4.79 Å². The Balaban J connectivity index is 1.90. The Morgan fingerprint density at radius 3 is 2.65 bits per heavy atom. The number of H-pyrrole nitrogens is 1. The molecule has 2 aromatic carbocycles. The Bertz CT molecular complexity index is 1500. The molecule has 0 aliphatic rings. The van der Waals surface area contributed by atoms with Gasteiger partial charge in [-0.25, -0.2) is 13.2 Å². The number of carbonyl (C=O) groups excluding carboxylic acids is 1. The maximum atomic E-state index is 13.3. The molecule has 0 fully saturated rings. The van der Waals surface area contributed by atoms with Gasteiger partial charge in [0.1, 0.15) is 5.75 Å². The van der Waals surface area contributed by atoms with Crippen molar-refractivity contribution in [3.63, 3.8) is 0 Å². The number of rotatable bonds is 5. The predicted octanol–water partition coefficient (Wildman–Crippen LogP) is 1.90. The molecule has 0 aliphatic carbocycles. The summed E-state index contributed by atoms with van der Waals surface area (Å²) >= 11 is 0. The van der Waals surface area contributed by atoms with Crippen LogP contribution in [0.3, 0.4) is 0 Å². The molecule has 0 atom stereocenters. The van der Waals surface area contributed by atoms with Crippen LogP contribution in [0.15, 0.2) is 51.1 Å². The molecular formula is C20H18N4O6S. The lowest BCUT2D eigenvalue weighted by molar-refractivity contribution is 0.0526. The molecule has 2 aromatic heterocycles. The fraction of sp³-hybridized carbons (Fsp3) is 0.200. The van der Waals surface area contributed by atoms with Crippen LogP contribution in [0.25, 0.3) is 16.6 Å². The minimum Gasteiger partial charge on any atom is -0.497 e. The lowest BCUT2D eigenvalue weighted by Crippen LogP contribution is -2.13. The molecule has 1 N–H and O–H groups in total. The number of nitrogens with zero attached hydrogens (tertiary/aromatic N) is 3. The summed E-state index contributed by atoms with van der Waals surface area (Å²) in [5.74, 6) is -0.0712. The highest BCUT2D eigenvalue weighted by Crippen LogP contribution is 2.27. The number of aromatic nitrogens is 4. The van der Waals surface area contributed by atoms with E-state index in [1.165, 1.54) is 29.8 Å². The highest BCUT2D eigenvalue weighted by atomic mass is 32.2. The summed E-state index contributed by atoms with van der Waals surface area (Å²) in [6.07, 6.45) is 0. The van der Waals surface area contributed by atoms with Crippen LogP contribution < -0.4 is 10.3 Å². The first-order chi connectivity index (χ1) is 14.8. The van der Waals surface area contributed by atoms with Crippen LogP contribution in [-0.4, -0.2) is 47.9 Å². The molecule has 0 amide bonds. The second-order valence-electron chi connectivity index (χ2n) is 6.70. The standard InChI is InChI=1S/C20H18N4O6S/c1-4-30-20(26)12-5-8-16(11(2)9-12)31(27,28)19-17-21-18(25)14-7-6-13(29-3)10-15(14)24(17)23-22-19/h5-10H,4H2,1-3H3,(H,21,25). The second kappa shape index (κ2) is 7.51. The number of methoxy groups -OCH3 is 1. The van der Waals surface area contributed by atoms with Crippen LogP contribution in [0.2, 0.25) is 0 Å². The SMILES string of the molecule is CCOC(=O)c1ccc(S(=O)(=O)c2nnn3c2[nH]c(=O)c2ccc(OC)cc23)c(C)c1. The minimum atomic E-state index is -4.16. The van der Waals surface area contributed by atoms with E-state index in [9.17, 15) is 18.0 Å². The van der Waals surface area contributed by atoms with Crippen molar-refractivity contribution in [2.45, 2.75) is 23.8 Å². The molecule has 11 heteroatoms. The van der Waals surface area contributed by atoms with Gasteiger partial charge in [0.05, 0.1) is 35.1 Å². The van der Waals surface area contributed by atoms with Crippen molar-refractivity contribution in [3.05, 3.63) is 57.9 Å². The summed E-state index contributed by atoms with van der Waals surface area (Å²) in [4.78, 5) is 27.0. The van der Waals surface area contributed by atoms with Gasteiger partial charge >= 0.3 is 5.97 Å². The lowest BCUT2D eigenvalue weighted by atomic mass is 10.1. The topological polar surface area (TPSA) is 133 Å². The second-order valence-corrected chi connectivity index (χ2v) is 8.53. The summed E-state index contributed by atoms with van der Waals surface area (Å²) in [5.41, 5.74) is 0.355. The van der Waals surface area contributed by atoms with Crippen molar-refractivity contribution in [1.82, 2.24) is 19.8 Å². The van der Waals surface area contributed by atoms with Crippen molar-refractivity contribution in [3.8, 4) is 5.75 Å². The van der Waals surface area contributed by atoms with Gasteiger partial charge in [0.25, 0.3) is 5.56 Å². The molecule has 4 aromatic rings. The highest BCUT2D eigenvalue weighted by Gasteiger charge is 2.28. The van der Waals surface area contributed by atoms with Crippen molar-refractivity contribution in [2.75, 3.05) is 13.7 Å². The number of hydrogen-bond acceptors (Lipinski definition) is 8. The number of fused-ring (bicyclic) bond motifs is 3. The smallest absolute Gasteiger partial charge is 0.338 e. The third-order valence-corrected chi connectivity index (χ3v) is 6.60. The zero-order valence-corrected chi connectivity index (χ0v) is 17.7. The van der Waals surface area contributed by atoms with E-state index in [1.54, 1.807) is 32.0 Å². The van der Waals surface area contributed by atoms with Crippen molar-refractivity contribution in [1.29, 1.82) is 0 Å². The molecule has 2 heterocycles. The number of aromatic amines is 1. The lowest BCUT2D eigenvalue weighted by Gasteiger charge is -2.08. The summed E-state index contributed by atoms with van der Waals surface area (Å²) in [7, 11) is -2.68. The van der Waals surface area contributed by atoms with E-state index in [1.807, 2.05) is 0 Å². The summed E-state index contributed by atoms with van der Waals surface area (Å²) in [5, 5.41) is 7.68. The molecule has 160 valence electrons. The molecule has 4 rings (SSSR count). The zero-order chi connectivity index (χ0) is 22.3. The van der Waals surface area contributed by atoms with E-state index in [0.29, 0.717) is 22.2 Å². The van der Waals surface area contributed by atoms with Crippen LogP contribution in [0.1, 0.15) is 22.8 Å². The van der Waals surface area contributed by atoms with Crippen molar-refractivity contribution in [2.24, 2.45) is 0 Å². The van der Waals surface area contributed by atoms with Gasteiger partial charge in [-0.15, -0.1) is 5.10 Å². The summed E-state index contributed by atoms with van der Waals surface area (Å²) in [6, 6.07) is 8.85. The average molecular weight is 442 g/mol. The molecular weight excluding hydrogens is 424 g/mol.